The number of ether oxygens (including phenoxy) is 1. The van der Waals surface area contributed by atoms with Crippen LogP contribution in [0.1, 0.15) is 36.0 Å². The summed E-state index contributed by atoms with van der Waals surface area (Å²) in [5.41, 5.74) is 1.85. The number of fused-ring (bicyclic) bond motifs is 1. The molecule has 9 heteroatoms. The number of halogens is 2. The van der Waals surface area contributed by atoms with Crippen molar-refractivity contribution in [2.45, 2.75) is 37.3 Å². The number of imidazole rings is 1. The van der Waals surface area contributed by atoms with Crippen LogP contribution in [0.3, 0.4) is 0 Å². The van der Waals surface area contributed by atoms with E-state index in [2.05, 4.69) is 20.6 Å². The molecule has 2 aliphatic rings. The minimum absolute atomic E-state index is 0. The quantitative estimate of drug-likeness (QED) is 0.802. The average Bonchev–Trinajstić information content (AvgIpc) is 2.98. The third-order valence-corrected chi connectivity index (χ3v) is 5.23. The molecule has 1 spiro atoms. The van der Waals surface area contributed by atoms with Crippen molar-refractivity contribution < 1.29 is 9.53 Å². The molecule has 2 aromatic rings. The standard InChI is InChI=1S/C17H23N5O2.2ClH/c1-22-11-20-13-9-12(10-19-15(13)22)16(23)21-14-3-2-8-24-17(14)4-6-18-7-5-17;;/h9-11,14,18H,2-8H2,1H3,(H,21,23);2*1H. The summed E-state index contributed by atoms with van der Waals surface area (Å²) in [6.07, 6.45) is 7.16. The summed E-state index contributed by atoms with van der Waals surface area (Å²) in [6.45, 7) is 2.66. The molecule has 0 aromatic carbocycles. The van der Waals surface area contributed by atoms with Crippen molar-refractivity contribution >= 4 is 41.9 Å². The molecule has 4 heterocycles. The monoisotopic (exact) mass is 401 g/mol. The number of carbonyl (C=O) groups excluding carboxylic acids is 1. The van der Waals surface area contributed by atoms with Crippen LogP contribution in [0.4, 0.5) is 0 Å². The number of nitrogens with zero attached hydrogens (tertiary/aromatic N) is 3. The minimum Gasteiger partial charge on any atom is -0.373 e. The highest BCUT2D eigenvalue weighted by atomic mass is 35.5. The maximum absolute atomic E-state index is 12.7. The van der Waals surface area contributed by atoms with Gasteiger partial charge in [0.15, 0.2) is 5.65 Å². The van der Waals surface area contributed by atoms with Gasteiger partial charge in [-0.15, -0.1) is 24.8 Å². The van der Waals surface area contributed by atoms with Crippen molar-refractivity contribution in [1.29, 1.82) is 0 Å². The van der Waals surface area contributed by atoms with Gasteiger partial charge in [0, 0.05) is 19.9 Å². The zero-order valence-corrected chi connectivity index (χ0v) is 16.4. The summed E-state index contributed by atoms with van der Waals surface area (Å²) in [5.74, 6) is -0.0940. The third-order valence-electron chi connectivity index (χ3n) is 5.23. The number of rotatable bonds is 2. The zero-order chi connectivity index (χ0) is 16.6. The Morgan fingerprint density at radius 1 is 1.35 bits per heavy atom. The lowest BCUT2D eigenvalue weighted by atomic mass is 9.80. The number of hydrogen-bond acceptors (Lipinski definition) is 5. The van der Waals surface area contributed by atoms with E-state index in [0.717, 1.165) is 56.5 Å². The molecule has 1 atom stereocenters. The Bertz CT molecular complexity index is 752. The topological polar surface area (TPSA) is 81.1 Å². The van der Waals surface area contributed by atoms with Crippen LogP contribution in [0.15, 0.2) is 18.6 Å². The van der Waals surface area contributed by atoms with E-state index >= 15 is 0 Å². The fraction of sp³-hybridized carbons (Fsp3) is 0.588. The van der Waals surface area contributed by atoms with Crippen LogP contribution in [-0.4, -0.2) is 51.8 Å². The van der Waals surface area contributed by atoms with Gasteiger partial charge in [-0.05, 0) is 44.8 Å². The van der Waals surface area contributed by atoms with Gasteiger partial charge in [0.2, 0.25) is 0 Å². The van der Waals surface area contributed by atoms with Crippen LogP contribution < -0.4 is 10.6 Å². The van der Waals surface area contributed by atoms with Crippen LogP contribution in [0, 0.1) is 0 Å². The lowest BCUT2D eigenvalue weighted by molar-refractivity contribution is -0.114. The molecule has 0 bridgehead atoms. The number of piperidine rings is 1. The minimum atomic E-state index is -0.221. The van der Waals surface area contributed by atoms with Crippen molar-refractivity contribution in [3.63, 3.8) is 0 Å². The normalized spacial score (nSPS) is 21.7. The second-order valence-corrected chi connectivity index (χ2v) is 6.75. The molecule has 2 fully saturated rings. The molecule has 1 amide bonds. The Hall–Kier alpha value is -1.41. The molecule has 0 aliphatic carbocycles. The Balaban J connectivity index is 0.00000121. The van der Waals surface area contributed by atoms with Gasteiger partial charge in [-0.25, -0.2) is 9.97 Å². The predicted molar refractivity (Wildman–Crippen MR) is 104 cm³/mol. The van der Waals surface area contributed by atoms with Gasteiger partial charge in [0.05, 0.1) is 23.5 Å². The molecule has 2 saturated heterocycles. The van der Waals surface area contributed by atoms with Crippen molar-refractivity contribution in [2.24, 2.45) is 7.05 Å². The Labute approximate surface area is 165 Å². The van der Waals surface area contributed by atoms with Crippen molar-refractivity contribution in [2.75, 3.05) is 19.7 Å². The smallest absolute Gasteiger partial charge is 0.253 e. The highest BCUT2D eigenvalue weighted by molar-refractivity contribution is 5.96. The second kappa shape index (κ2) is 8.52. The molecule has 26 heavy (non-hydrogen) atoms. The number of carbonyl (C=O) groups is 1. The Morgan fingerprint density at radius 2 is 2.12 bits per heavy atom. The number of aryl methyl sites for hydroxylation is 1. The third kappa shape index (κ3) is 3.81. The Morgan fingerprint density at radius 3 is 2.88 bits per heavy atom. The molecule has 7 nitrogen and oxygen atoms in total. The number of amides is 1. The Kier molecular flexibility index (Phi) is 6.85. The first-order valence-corrected chi connectivity index (χ1v) is 8.61. The lowest BCUT2D eigenvalue weighted by Gasteiger charge is -2.46. The van der Waals surface area contributed by atoms with Gasteiger partial charge >= 0.3 is 0 Å². The second-order valence-electron chi connectivity index (χ2n) is 6.75. The van der Waals surface area contributed by atoms with E-state index in [1.165, 1.54) is 0 Å². The van der Waals surface area contributed by atoms with Crippen LogP contribution in [0.2, 0.25) is 0 Å². The van der Waals surface area contributed by atoms with E-state index in [1.807, 2.05) is 11.6 Å². The van der Waals surface area contributed by atoms with E-state index in [4.69, 9.17) is 4.74 Å². The highest BCUT2D eigenvalue weighted by Gasteiger charge is 2.43. The molecule has 1 unspecified atom stereocenters. The van der Waals surface area contributed by atoms with E-state index < -0.39 is 0 Å². The first kappa shape index (κ1) is 20.9. The van der Waals surface area contributed by atoms with Gasteiger partial charge in [-0.2, -0.15) is 0 Å². The number of pyridine rings is 1. The summed E-state index contributed by atoms with van der Waals surface area (Å²) in [7, 11) is 1.89. The average molecular weight is 402 g/mol. The lowest BCUT2D eigenvalue weighted by Crippen LogP contribution is -2.60. The maximum atomic E-state index is 12.7. The van der Waals surface area contributed by atoms with Gasteiger partial charge in [0.25, 0.3) is 5.91 Å². The number of hydrogen-bond donors (Lipinski definition) is 2. The first-order chi connectivity index (χ1) is 11.7. The van der Waals surface area contributed by atoms with E-state index in [0.29, 0.717) is 5.56 Å². The molecule has 2 aliphatic heterocycles. The molecule has 2 N–H and O–H groups in total. The molecule has 2 aromatic heterocycles. The van der Waals surface area contributed by atoms with Crippen LogP contribution >= 0.6 is 24.8 Å². The fourth-order valence-electron chi connectivity index (χ4n) is 3.85. The van der Waals surface area contributed by atoms with Crippen LogP contribution in [0.5, 0.6) is 0 Å². The molecule has 144 valence electrons. The summed E-state index contributed by atoms with van der Waals surface area (Å²) in [6, 6.07) is 1.86. The molecule has 4 rings (SSSR count). The first-order valence-electron chi connectivity index (χ1n) is 8.61. The molecular formula is C17H25Cl2N5O2. The van der Waals surface area contributed by atoms with Gasteiger partial charge < -0.3 is 19.9 Å². The van der Waals surface area contributed by atoms with Crippen molar-refractivity contribution in [3.8, 4) is 0 Å². The number of nitrogens with one attached hydrogen (secondary N) is 2. The van der Waals surface area contributed by atoms with Crippen molar-refractivity contribution in [3.05, 3.63) is 24.2 Å². The van der Waals surface area contributed by atoms with Gasteiger partial charge in [-0.3, -0.25) is 4.79 Å². The SMILES string of the molecule is Cl.Cl.Cn1cnc2cc(C(=O)NC3CCCOC34CCNCC4)cnc21. The van der Waals surface area contributed by atoms with Gasteiger partial charge in [-0.1, -0.05) is 0 Å². The highest BCUT2D eigenvalue weighted by Crippen LogP contribution is 2.33. The van der Waals surface area contributed by atoms with Gasteiger partial charge in [0.1, 0.15) is 5.52 Å². The summed E-state index contributed by atoms with van der Waals surface area (Å²) in [4.78, 5) is 21.4. The molecule has 0 saturated carbocycles. The molecular weight excluding hydrogens is 377 g/mol. The van der Waals surface area contributed by atoms with Crippen LogP contribution in [-0.2, 0) is 11.8 Å². The van der Waals surface area contributed by atoms with Crippen molar-refractivity contribution in [1.82, 2.24) is 25.2 Å². The fourth-order valence-corrected chi connectivity index (χ4v) is 3.85. The summed E-state index contributed by atoms with van der Waals surface area (Å²) in [5, 5.41) is 6.57. The van der Waals surface area contributed by atoms with E-state index in [9.17, 15) is 4.79 Å². The van der Waals surface area contributed by atoms with Crippen LogP contribution in [0.25, 0.3) is 11.2 Å². The van der Waals surface area contributed by atoms with E-state index in [1.54, 1.807) is 18.6 Å². The molecule has 0 radical (unpaired) electrons. The number of aromatic nitrogens is 3. The maximum Gasteiger partial charge on any atom is 0.253 e. The zero-order valence-electron chi connectivity index (χ0n) is 14.7. The summed E-state index contributed by atoms with van der Waals surface area (Å²) < 4.78 is 7.99. The summed E-state index contributed by atoms with van der Waals surface area (Å²) >= 11 is 0. The predicted octanol–water partition coefficient (Wildman–Crippen LogP) is 1.84. The van der Waals surface area contributed by atoms with E-state index in [-0.39, 0.29) is 42.4 Å². The largest absolute Gasteiger partial charge is 0.373 e.